The van der Waals surface area contributed by atoms with Crippen LogP contribution in [0.25, 0.3) is 0 Å². The summed E-state index contributed by atoms with van der Waals surface area (Å²) in [6, 6.07) is 15.1. The number of rotatable bonds is 6. The highest BCUT2D eigenvalue weighted by Crippen LogP contribution is 2.30. The molecule has 2 aromatic carbocycles. The van der Waals surface area contributed by atoms with Gasteiger partial charge in [0, 0.05) is 31.2 Å². The summed E-state index contributed by atoms with van der Waals surface area (Å²) in [5, 5.41) is 0. The van der Waals surface area contributed by atoms with Crippen LogP contribution in [0.3, 0.4) is 0 Å². The third-order valence-corrected chi connectivity index (χ3v) is 5.44. The fourth-order valence-electron chi connectivity index (χ4n) is 3.96. The number of amides is 1. The molecule has 1 amide bonds. The molecule has 3 nitrogen and oxygen atoms in total. The van der Waals surface area contributed by atoms with Crippen molar-refractivity contribution in [3.05, 3.63) is 71.3 Å². The van der Waals surface area contributed by atoms with Gasteiger partial charge in [0.15, 0.2) is 0 Å². The minimum Gasteiger partial charge on any atom is -0.339 e. The van der Waals surface area contributed by atoms with Crippen molar-refractivity contribution in [2.75, 3.05) is 19.6 Å². The van der Waals surface area contributed by atoms with Crippen LogP contribution in [0.1, 0.15) is 47.7 Å². The second kappa shape index (κ2) is 9.44. The Hall–Kier alpha value is -2.34. The van der Waals surface area contributed by atoms with Gasteiger partial charge in [-0.1, -0.05) is 43.3 Å². The molecule has 156 valence electrons. The van der Waals surface area contributed by atoms with Crippen molar-refractivity contribution in [1.82, 2.24) is 9.80 Å². The van der Waals surface area contributed by atoms with E-state index in [0.717, 1.165) is 31.9 Å². The zero-order chi connectivity index (χ0) is 20.9. The topological polar surface area (TPSA) is 23.6 Å². The van der Waals surface area contributed by atoms with E-state index in [9.17, 15) is 18.0 Å². The van der Waals surface area contributed by atoms with E-state index >= 15 is 0 Å². The van der Waals surface area contributed by atoms with Crippen LogP contribution in [0, 0.1) is 0 Å². The maximum atomic E-state index is 13.0. The zero-order valence-corrected chi connectivity index (χ0v) is 16.7. The standard InChI is InChI=1S/C23H27F3N2O/c1-2-13-28(17-18-7-6-10-20(16-18)23(24,25)26)21-11-14-27(15-12-21)22(29)19-8-4-3-5-9-19/h3-10,16,21H,2,11-15,17H2,1H3. The Bertz CT molecular complexity index is 799. The number of carbonyl (C=O) groups excluding carboxylic acids is 1. The molecule has 6 heteroatoms. The summed E-state index contributed by atoms with van der Waals surface area (Å²) in [4.78, 5) is 16.8. The van der Waals surface area contributed by atoms with Gasteiger partial charge in [-0.25, -0.2) is 0 Å². The van der Waals surface area contributed by atoms with Crippen LogP contribution in [-0.2, 0) is 12.7 Å². The summed E-state index contributed by atoms with van der Waals surface area (Å²) in [7, 11) is 0. The number of nitrogens with zero attached hydrogens (tertiary/aromatic N) is 2. The lowest BCUT2D eigenvalue weighted by molar-refractivity contribution is -0.137. The Kier molecular flexibility index (Phi) is 6.96. The fraction of sp³-hybridized carbons (Fsp3) is 0.435. The Morgan fingerprint density at radius 2 is 1.76 bits per heavy atom. The molecular weight excluding hydrogens is 377 g/mol. The molecule has 0 aromatic heterocycles. The molecule has 1 saturated heterocycles. The highest BCUT2D eigenvalue weighted by molar-refractivity contribution is 5.94. The van der Waals surface area contributed by atoms with Gasteiger partial charge in [-0.3, -0.25) is 9.69 Å². The van der Waals surface area contributed by atoms with E-state index in [1.54, 1.807) is 6.07 Å². The van der Waals surface area contributed by atoms with Gasteiger partial charge in [0.25, 0.3) is 5.91 Å². The first-order valence-corrected chi connectivity index (χ1v) is 10.1. The molecular formula is C23H27F3N2O. The molecule has 0 bridgehead atoms. The SMILES string of the molecule is CCCN(Cc1cccc(C(F)(F)F)c1)C1CCN(C(=O)c2ccccc2)CC1. The molecule has 0 aliphatic carbocycles. The lowest BCUT2D eigenvalue weighted by Gasteiger charge is -2.38. The van der Waals surface area contributed by atoms with Crippen LogP contribution < -0.4 is 0 Å². The van der Waals surface area contributed by atoms with Crippen molar-refractivity contribution in [1.29, 1.82) is 0 Å². The summed E-state index contributed by atoms with van der Waals surface area (Å²) in [5.41, 5.74) is 0.770. The Morgan fingerprint density at radius 1 is 1.07 bits per heavy atom. The van der Waals surface area contributed by atoms with Crippen molar-refractivity contribution in [3.8, 4) is 0 Å². The maximum absolute atomic E-state index is 13.0. The Morgan fingerprint density at radius 3 is 2.38 bits per heavy atom. The summed E-state index contributed by atoms with van der Waals surface area (Å²) < 4.78 is 39.0. The molecule has 1 heterocycles. The van der Waals surface area contributed by atoms with Crippen molar-refractivity contribution in [2.24, 2.45) is 0 Å². The smallest absolute Gasteiger partial charge is 0.339 e. The third-order valence-electron chi connectivity index (χ3n) is 5.44. The third kappa shape index (κ3) is 5.60. The number of carbonyl (C=O) groups is 1. The van der Waals surface area contributed by atoms with E-state index in [1.807, 2.05) is 35.2 Å². The van der Waals surface area contributed by atoms with Crippen LogP contribution in [0.5, 0.6) is 0 Å². The minimum absolute atomic E-state index is 0.0453. The number of hydrogen-bond donors (Lipinski definition) is 0. The van der Waals surface area contributed by atoms with Gasteiger partial charge < -0.3 is 4.90 Å². The predicted molar refractivity (Wildman–Crippen MR) is 108 cm³/mol. The van der Waals surface area contributed by atoms with Gasteiger partial charge >= 0.3 is 6.18 Å². The Labute approximate surface area is 170 Å². The second-order valence-corrected chi connectivity index (χ2v) is 7.56. The molecule has 1 aliphatic heterocycles. The van der Waals surface area contributed by atoms with Gasteiger partial charge in [0.1, 0.15) is 0 Å². The van der Waals surface area contributed by atoms with Crippen LogP contribution in [0.4, 0.5) is 13.2 Å². The molecule has 1 aliphatic rings. The second-order valence-electron chi connectivity index (χ2n) is 7.56. The summed E-state index contributed by atoms with van der Waals surface area (Å²) in [6.45, 7) is 4.73. The number of hydrogen-bond acceptors (Lipinski definition) is 2. The van der Waals surface area contributed by atoms with Crippen molar-refractivity contribution < 1.29 is 18.0 Å². The van der Waals surface area contributed by atoms with Gasteiger partial charge in [-0.05, 0) is 49.6 Å². The molecule has 0 unspecified atom stereocenters. The van der Waals surface area contributed by atoms with Crippen LogP contribution in [0.2, 0.25) is 0 Å². The molecule has 2 aromatic rings. The predicted octanol–water partition coefficient (Wildman–Crippen LogP) is 5.22. The number of halogens is 3. The van der Waals surface area contributed by atoms with Gasteiger partial charge in [0.05, 0.1) is 5.56 Å². The average Bonchev–Trinajstić information content (AvgIpc) is 2.73. The summed E-state index contributed by atoms with van der Waals surface area (Å²) in [5.74, 6) is 0.0453. The largest absolute Gasteiger partial charge is 0.416 e. The summed E-state index contributed by atoms with van der Waals surface area (Å²) in [6.07, 6.45) is -1.73. The van der Waals surface area contributed by atoms with Crippen molar-refractivity contribution in [2.45, 2.75) is 44.9 Å². The number of piperidine rings is 1. The molecule has 0 atom stereocenters. The van der Waals surface area contributed by atoms with E-state index in [-0.39, 0.29) is 11.9 Å². The molecule has 0 N–H and O–H groups in total. The van der Waals surface area contributed by atoms with Crippen LogP contribution in [0.15, 0.2) is 54.6 Å². The van der Waals surface area contributed by atoms with Crippen molar-refractivity contribution in [3.63, 3.8) is 0 Å². The van der Waals surface area contributed by atoms with E-state index in [0.29, 0.717) is 30.8 Å². The summed E-state index contributed by atoms with van der Waals surface area (Å²) >= 11 is 0. The van der Waals surface area contributed by atoms with Gasteiger partial charge in [0.2, 0.25) is 0 Å². The molecule has 0 radical (unpaired) electrons. The highest BCUT2D eigenvalue weighted by Gasteiger charge is 2.31. The maximum Gasteiger partial charge on any atom is 0.416 e. The van der Waals surface area contributed by atoms with E-state index in [2.05, 4.69) is 11.8 Å². The normalized spacial score (nSPS) is 15.7. The number of likely N-dealkylation sites (tertiary alicyclic amines) is 1. The lowest BCUT2D eigenvalue weighted by atomic mass is 10.0. The Balaban J connectivity index is 1.63. The quantitative estimate of drug-likeness (QED) is 0.659. The molecule has 29 heavy (non-hydrogen) atoms. The first kappa shape index (κ1) is 21.4. The molecule has 1 fully saturated rings. The van der Waals surface area contributed by atoms with Crippen LogP contribution >= 0.6 is 0 Å². The molecule has 0 spiro atoms. The number of benzene rings is 2. The zero-order valence-electron chi connectivity index (χ0n) is 16.7. The van der Waals surface area contributed by atoms with Crippen LogP contribution in [-0.4, -0.2) is 41.4 Å². The number of alkyl halides is 3. The van der Waals surface area contributed by atoms with Crippen molar-refractivity contribution >= 4 is 5.91 Å². The first-order valence-electron chi connectivity index (χ1n) is 10.1. The van der Waals surface area contributed by atoms with E-state index in [4.69, 9.17) is 0 Å². The highest BCUT2D eigenvalue weighted by atomic mass is 19.4. The first-order chi connectivity index (χ1) is 13.9. The van der Waals surface area contributed by atoms with Gasteiger partial charge in [-0.15, -0.1) is 0 Å². The lowest BCUT2D eigenvalue weighted by Crippen LogP contribution is -2.46. The van der Waals surface area contributed by atoms with Gasteiger partial charge in [-0.2, -0.15) is 13.2 Å². The molecule has 0 saturated carbocycles. The monoisotopic (exact) mass is 404 g/mol. The van der Waals surface area contributed by atoms with E-state index < -0.39 is 11.7 Å². The molecule has 3 rings (SSSR count). The average molecular weight is 404 g/mol. The minimum atomic E-state index is -4.32. The fourth-order valence-corrected chi connectivity index (χ4v) is 3.96. The van der Waals surface area contributed by atoms with E-state index in [1.165, 1.54) is 12.1 Å².